The van der Waals surface area contributed by atoms with Gasteiger partial charge >= 0.3 is 6.09 Å². The van der Waals surface area contributed by atoms with Crippen LogP contribution in [-0.2, 0) is 4.79 Å². The van der Waals surface area contributed by atoms with Crippen LogP contribution in [0, 0.1) is 5.92 Å². The fourth-order valence-electron chi connectivity index (χ4n) is 2.71. The van der Waals surface area contributed by atoms with E-state index >= 15 is 0 Å². The van der Waals surface area contributed by atoms with E-state index < -0.39 is 18.0 Å². The molecular weight excluding hydrogens is 326 g/mol. The molecule has 0 spiro atoms. The van der Waals surface area contributed by atoms with Crippen LogP contribution in [0.5, 0.6) is 17.5 Å². The second-order valence-corrected chi connectivity index (χ2v) is 6.28. The van der Waals surface area contributed by atoms with Gasteiger partial charge < -0.3 is 20.3 Å². The van der Waals surface area contributed by atoms with E-state index in [4.69, 9.17) is 15.2 Å². The summed E-state index contributed by atoms with van der Waals surface area (Å²) < 4.78 is 10.4. The fourth-order valence-corrected chi connectivity index (χ4v) is 2.71. The van der Waals surface area contributed by atoms with Crippen LogP contribution in [0.4, 0.5) is 4.79 Å². The Hall–Kier alpha value is -2.35. The van der Waals surface area contributed by atoms with E-state index in [1.54, 1.807) is 0 Å². The minimum Gasteiger partial charge on any atom is -0.503 e. The Morgan fingerprint density at radius 1 is 1.36 bits per heavy atom. The molecule has 8 heteroatoms. The standard InChI is InChI=1S/C17H25N3O5/c1-11(18)15(22)20-17(23)25-16-13(21)7-8-14(19-16)24-10-9-12-5-3-2-4-6-12/h7-8,11-12,21H,2-6,9-10,18H2,1H3,(H,20,22,23)/t11-/m0/s1. The van der Waals surface area contributed by atoms with E-state index in [-0.39, 0.29) is 17.5 Å². The van der Waals surface area contributed by atoms with Crippen LogP contribution in [0.3, 0.4) is 0 Å². The molecule has 0 aromatic carbocycles. The molecule has 1 heterocycles. The summed E-state index contributed by atoms with van der Waals surface area (Å²) in [5, 5.41) is 11.7. The number of rotatable bonds is 6. The lowest BCUT2D eigenvalue weighted by molar-refractivity contribution is -0.121. The Balaban J connectivity index is 1.86. The Morgan fingerprint density at radius 3 is 2.76 bits per heavy atom. The number of nitrogens with two attached hydrogens (primary N) is 1. The third-order valence-electron chi connectivity index (χ3n) is 4.14. The molecule has 2 rings (SSSR count). The summed E-state index contributed by atoms with van der Waals surface area (Å²) in [7, 11) is 0. The summed E-state index contributed by atoms with van der Waals surface area (Å²) in [6.45, 7) is 1.94. The van der Waals surface area contributed by atoms with Crippen LogP contribution in [0.2, 0.25) is 0 Å². The van der Waals surface area contributed by atoms with Gasteiger partial charge in [0.1, 0.15) is 0 Å². The maximum atomic E-state index is 11.6. The van der Waals surface area contributed by atoms with Crippen LogP contribution < -0.4 is 20.5 Å². The van der Waals surface area contributed by atoms with Gasteiger partial charge in [0.2, 0.25) is 11.8 Å². The minimum atomic E-state index is -1.07. The number of carbonyl (C=O) groups is 2. The molecule has 1 aliphatic carbocycles. The number of carbonyl (C=O) groups excluding carboxylic acids is 2. The number of aromatic nitrogens is 1. The van der Waals surface area contributed by atoms with Gasteiger partial charge in [0.05, 0.1) is 12.6 Å². The highest BCUT2D eigenvalue weighted by molar-refractivity contribution is 5.95. The average molecular weight is 351 g/mol. The maximum Gasteiger partial charge on any atom is 0.420 e. The van der Waals surface area contributed by atoms with E-state index in [9.17, 15) is 14.7 Å². The number of hydrogen-bond donors (Lipinski definition) is 3. The Bertz CT molecular complexity index is 600. The molecule has 1 fully saturated rings. The Labute approximate surface area is 146 Å². The molecule has 8 nitrogen and oxygen atoms in total. The molecular formula is C17H25N3O5. The molecule has 1 saturated carbocycles. The van der Waals surface area contributed by atoms with Gasteiger partial charge in [-0.25, -0.2) is 4.79 Å². The van der Waals surface area contributed by atoms with Gasteiger partial charge in [0.15, 0.2) is 5.75 Å². The van der Waals surface area contributed by atoms with Gasteiger partial charge in [0, 0.05) is 6.07 Å². The first-order valence-electron chi connectivity index (χ1n) is 8.56. The number of hydrogen-bond acceptors (Lipinski definition) is 7. The lowest BCUT2D eigenvalue weighted by atomic mass is 9.87. The average Bonchev–Trinajstić information content (AvgIpc) is 2.58. The molecule has 1 aromatic heterocycles. The van der Waals surface area contributed by atoms with Crippen molar-refractivity contribution in [2.75, 3.05) is 6.61 Å². The molecule has 0 saturated heterocycles. The van der Waals surface area contributed by atoms with Crippen molar-refractivity contribution in [1.29, 1.82) is 0 Å². The summed E-state index contributed by atoms with van der Waals surface area (Å²) in [5.74, 6) is -0.427. The van der Waals surface area contributed by atoms with Crippen LogP contribution in [0.25, 0.3) is 0 Å². The van der Waals surface area contributed by atoms with E-state index in [0.29, 0.717) is 12.5 Å². The van der Waals surface area contributed by atoms with Gasteiger partial charge in [-0.05, 0) is 25.3 Å². The zero-order valence-electron chi connectivity index (χ0n) is 14.4. The zero-order valence-corrected chi connectivity index (χ0v) is 14.4. The second kappa shape index (κ2) is 9.22. The molecule has 0 bridgehead atoms. The smallest absolute Gasteiger partial charge is 0.420 e. The Morgan fingerprint density at radius 2 is 2.08 bits per heavy atom. The van der Waals surface area contributed by atoms with Crippen molar-refractivity contribution in [3.63, 3.8) is 0 Å². The second-order valence-electron chi connectivity index (χ2n) is 6.28. The van der Waals surface area contributed by atoms with Crippen LogP contribution in [0.15, 0.2) is 12.1 Å². The normalized spacial score (nSPS) is 16.1. The first-order chi connectivity index (χ1) is 12.0. The highest BCUT2D eigenvalue weighted by Crippen LogP contribution is 2.28. The first-order valence-corrected chi connectivity index (χ1v) is 8.56. The third kappa shape index (κ3) is 6.22. The lowest BCUT2D eigenvalue weighted by Gasteiger charge is -2.21. The summed E-state index contributed by atoms with van der Waals surface area (Å²) in [6, 6.07) is 1.95. The number of amides is 2. The van der Waals surface area contributed by atoms with E-state index in [1.807, 2.05) is 5.32 Å². The number of nitrogens with one attached hydrogen (secondary N) is 1. The quantitative estimate of drug-likeness (QED) is 0.717. The molecule has 1 atom stereocenters. The Kier molecular flexibility index (Phi) is 7.00. The van der Waals surface area contributed by atoms with Gasteiger partial charge in [-0.3, -0.25) is 10.1 Å². The summed E-state index contributed by atoms with van der Waals surface area (Å²) in [5.41, 5.74) is 5.34. The van der Waals surface area contributed by atoms with Crippen molar-refractivity contribution < 1.29 is 24.2 Å². The molecule has 1 aliphatic rings. The SMILES string of the molecule is C[C@H](N)C(=O)NC(=O)Oc1nc(OCCC2CCCCC2)ccc1O. The summed E-state index contributed by atoms with van der Waals surface area (Å²) >= 11 is 0. The van der Waals surface area contributed by atoms with Gasteiger partial charge in [-0.2, -0.15) is 4.98 Å². The molecule has 4 N–H and O–H groups in total. The van der Waals surface area contributed by atoms with Crippen molar-refractivity contribution in [1.82, 2.24) is 10.3 Å². The molecule has 2 amide bonds. The predicted octanol–water partition coefficient (Wildman–Crippen LogP) is 2.10. The molecule has 138 valence electrons. The van der Waals surface area contributed by atoms with Crippen LogP contribution in [0.1, 0.15) is 45.4 Å². The van der Waals surface area contributed by atoms with E-state index in [1.165, 1.54) is 51.2 Å². The number of nitrogens with zero attached hydrogens (tertiary/aromatic N) is 1. The molecule has 0 radical (unpaired) electrons. The van der Waals surface area contributed by atoms with Crippen molar-refractivity contribution in [3.8, 4) is 17.5 Å². The van der Waals surface area contributed by atoms with Gasteiger partial charge in [0.25, 0.3) is 5.88 Å². The van der Waals surface area contributed by atoms with Crippen LogP contribution in [-0.4, -0.2) is 34.7 Å². The van der Waals surface area contributed by atoms with Crippen molar-refractivity contribution in [3.05, 3.63) is 12.1 Å². The lowest BCUT2D eigenvalue weighted by Crippen LogP contribution is -2.42. The summed E-state index contributed by atoms with van der Waals surface area (Å²) in [6.07, 6.45) is 6.20. The first kappa shape index (κ1) is 19.0. The minimum absolute atomic E-state index is 0.245. The maximum absolute atomic E-state index is 11.6. The van der Waals surface area contributed by atoms with Gasteiger partial charge in [-0.15, -0.1) is 0 Å². The van der Waals surface area contributed by atoms with Crippen LogP contribution >= 0.6 is 0 Å². The molecule has 0 unspecified atom stereocenters. The van der Waals surface area contributed by atoms with Crippen molar-refractivity contribution in [2.24, 2.45) is 11.7 Å². The monoisotopic (exact) mass is 351 g/mol. The highest BCUT2D eigenvalue weighted by atomic mass is 16.6. The molecule has 25 heavy (non-hydrogen) atoms. The van der Waals surface area contributed by atoms with E-state index in [2.05, 4.69) is 4.98 Å². The third-order valence-corrected chi connectivity index (χ3v) is 4.14. The van der Waals surface area contributed by atoms with Gasteiger partial charge in [-0.1, -0.05) is 32.1 Å². The van der Waals surface area contributed by atoms with Crippen molar-refractivity contribution in [2.45, 2.75) is 51.5 Å². The largest absolute Gasteiger partial charge is 0.503 e. The number of aromatic hydroxyl groups is 1. The van der Waals surface area contributed by atoms with Crippen molar-refractivity contribution >= 4 is 12.0 Å². The van der Waals surface area contributed by atoms with E-state index in [0.717, 1.165) is 6.42 Å². The predicted molar refractivity (Wildman–Crippen MR) is 90.4 cm³/mol. The highest BCUT2D eigenvalue weighted by Gasteiger charge is 2.17. The topological polar surface area (TPSA) is 124 Å². The molecule has 0 aliphatic heterocycles. The zero-order chi connectivity index (χ0) is 18.2. The fraction of sp³-hybridized carbons (Fsp3) is 0.588. The summed E-state index contributed by atoms with van der Waals surface area (Å²) in [4.78, 5) is 26.9. The number of pyridine rings is 1. The molecule has 1 aromatic rings. The number of ether oxygens (including phenoxy) is 2. The number of imide groups is 1.